The predicted octanol–water partition coefficient (Wildman–Crippen LogP) is 6.05. The van der Waals surface area contributed by atoms with Crippen LogP contribution < -0.4 is 0 Å². The highest BCUT2D eigenvalue weighted by Gasteiger charge is 2.61. The fourth-order valence-corrected chi connectivity index (χ4v) is 8.28. The van der Waals surface area contributed by atoms with Crippen molar-refractivity contribution >= 4 is 27.3 Å². The minimum absolute atomic E-state index is 0.574. The van der Waals surface area contributed by atoms with Gasteiger partial charge in [0.1, 0.15) is 0 Å². The summed E-state index contributed by atoms with van der Waals surface area (Å²) in [6.07, 6.45) is 10.1. The van der Waals surface area contributed by atoms with Crippen molar-refractivity contribution in [3.8, 4) is 0 Å². The van der Waals surface area contributed by atoms with Crippen LogP contribution in [0.3, 0.4) is 0 Å². The molecule has 4 saturated carbocycles. The van der Waals surface area contributed by atoms with Crippen LogP contribution >= 0.6 is 27.3 Å². The Morgan fingerprint density at radius 3 is 2.45 bits per heavy atom. The van der Waals surface area contributed by atoms with Crippen molar-refractivity contribution in [2.45, 2.75) is 63.6 Å². The van der Waals surface area contributed by atoms with E-state index in [0.29, 0.717) is 21.1 Å². The molecule has 1 aromatic rings. The lowest BCUT2D eigenvalue weighted by Crippen LogP contribution is -2.58. The van der Waals surface area contributed by atoms with E-state index in [2.05, 4.69) is 46.6 Å². The minimum atomic E-state index is 0.574. The average molecular weight is 353 g/mol. The van der Waals surface area contributed by atoms with Gasteiger partial charge in [-0.05, 0) is 89.5 Å². The maximum absolute atomic E-state index is 4.14. The molecule has 0 spiro atoms. The Bertz CT molecular complexity index is 487. The highest BCUT2D eigenvalue weighted by atomic mass is 79.9. The van der Waals surface area contributed by atoms with Gasteiger partial charge in [0.25, 0.3) is 0 Å². The molecule has 4 fully saturated rings. The van der Waals surface area contributed by atoms with Crippen molar-refractivity contribution < 1.29 is 0 Å². The van der Waals surface area contributed by atoms with Gasteiger partial charge in [0.15, 0.2) is 0 Å². The Labute approximate surface area is 135 Å². The van der Waals surface area contributed by atoms with E-state index in [9.17, 15) is 0 Å². The van der Waals surface area contributed by atoms with Gasteiger partial charge < -0.3 is 0 Å². The number of rotatable bonds is 3. The van der Waals surface area contributed by atoms with Crippen molar-refractivity contribution in [3.05, 3.63) is 22.4 Å². The van der Waals surface area contributed by atoms with E-state index in [1.54, 1.807) is 0 Å². The Morgan fingerprint density at radius 2 is 1.90 bits per heavy atom. The molecule has 1 aromatic heterocycles. The lowest BCUT2D eigenvalue weighted by Gasteiger charge is -2.66. The van der Waals surface area contributed by atoms with Crippen LogP contribution in [0.4, 0.5) is 0 Å². The highest BCUT2D eigenvalue weighted by molar-refractivity contribution is 9.09. The molecule has 20 heavy (non-hydrogen) atoms. The van der Waals surface area contributed by atoms with E-state index >= 15 is 0 Å². The fourth-order valence-electron chi connectivity index (χ4n) is 6.72. The van der Waals surface area contributed by atoms with Gasteiger partial charge in [-0.15, -0.1) is 0 Å². The quantitative estimate of drug-likeness (QED) is 0.580. The number of alkyl halides is 1. The molecule has 0 nitrogen and oxygen atoms in total. The van der Waals surface area contributed by atoms with Crippen LogP contribution in [0, 0.1) is 22.2 Å². The summed E-state index contributed by atoms with van der Waals surface area (Å²) >= 11 is 5.98. The first kappa shape index (κ1) is 13.8. The third-order valence-corrected chi connectivity index (χ3v) is 8.36. The Balaban J connectivity index is 1.63. The van der Waals surface area contributed by atoms with Crippen LogP contribution in [0.2, 0.25) is 0 Å². The largest absolute Gasteiger partial charge is 0.152 e. The standard InChI is InChI=1S/C18H25BrS/c1-16-6-14-7-17(2,10-16)12-18(8-14,11-16)15(19)5-13-3-4-20-9-13/h3-4,9,14-15H,5-8,10-12H2,1-2H3. The first-order valence-corrected chi connectivity index (χ1v) is 9.92. The highest BCUT2D eigenvalue weighted by Crippen LogP contribution is 2.71. The third kappa shape index (κ3) is 2.13. The van der Waals surface area contributed by atoms with Crippen molar-refractivity contribution in [1.29, 1.82) is 0 Å². The summed E-state index contributed by atoms with van der Waals surface area (Å²) in [7, 11) is 0. The summed E-state index contributed by atoms with van der Waals surface area (Å²) in [5, 5.41) is 4.55. The maximum atomic E-state index is 4.14. The number of hydrogen-bond donors (Lipinski definition) is 0. The molecule has 0 radical (unpaired) electrons. The zero-order valence-corrected chi connectivity index (χ0v) is 15.0. The van der Waals surface area contributed by atoms with Gasteiger partial charge in [0.05, 0.1) is 0 Å². The molecule has 4 aliphatic carbocycles. The van der Waals surface area contributed by atoms with E-state index in [1.807, 2.05) is 11.3 Å². The molecule has 0 amide bonds. The minimum Gasteiger partial charge on any atom is -0.152 e. The molecule has 3 atom stereocenters. The molecule has 2 heteroatoms. The van der Waals surface area contributed by atoms with Crippen molar-refractivity contribution in [2.75, 3.05) is 0 Å². The van der Waals surface area contributed by atoms with Gasteiger partial charge in [-0.3, -0.25) is 0 Å². The Hall–Kier alpha value is 0.180. The van der Waals surface area contributed by atoms with Gasteiger partial charge in [-0.25, -0.2) is 0 Å². The predicted molar refractivity (Wildman–Crippen MR) is 90.6 cm³/mol. The molecular formula is C18H25BrS. The molecule has 4 bridgehead atoms. The van der Waals surface area contributed by atoms with Crippen molar-refractivity contribution in [2.24, 2.45) is 22.2 Å². The first-order chi connectivity index (χ1) is 9.41. The maximum Gasteiger partial charge on any atom is 0.0243 e. The van der Waals surface area contributed by atoms with Crippen LogP contribution in [0.25, 0.3) is 0 Å². The summed E-state index contributed by atoms with van der Waals surface area (Å²) in [5.41, 5.74) is 3.37. The van der Waals surface area contributed by atoms with E-state index < -0.39 is 0 Å². The van der Waals surface area contributed by atoms with Gasteiger partial charge in [-0.1, -0.05) is 29.8 Å². The molecule has 5 rings (SSSR count). The van der Waals surface area contributed by atoms with Crippen LogP contribution in [-0.4, -0.2) is 4.83 Å². The molecule has 0 aromatic carbocycles. The Kier molecular flexibility index (Phi) is 3.00. The normalized spacial score (nSPS) is 47.6. The van der Waals surface area contributed by atoms with Crippen LogP contribution in [0.5, 0.6) is 0 Å². The third-order valence-electron chi connectivity index (χ3n) is 6.33. The molecular weight excluding hydrogens is 328 g/mol. The average Bonchev–Trinajstić information content (AvgIpc) is 2.76. The second kappa shape index (κ2) is 4.35. The second-order valence-corrected chi connectivity index (χ2v) is 10.7. The van der Waals surface area contributed by atoms with Gasteiger partial charge in [0, 0.05) is 4.83 Å². The summed E-state index contributed by atoms with van der Waals surface area (Å²) < 4.78 is 0. The first-order valence-electron chi connectivity index (χ1n) is 8.06. The molecule has 3 unspecified atom stereocenters. The van der Waals surface area contributed by atoms with Gasteiger partial charge >= 0.3 is 0 Å². The molecule has 0 N–H and O–H groups in total. The Morgan fingerprint density at radius 1 is 1.20 bits per heavy atom. The lowest BCUT2D eigenvalue weighted by molar-refractivity contribution is -0.144. The van der Waals surface area contributed by atoms with Gasteiger partial charge in [0.2, 0.25) is 0 Å². The van der Waals surface area contributed by atoms with E-state index in [1.165, 1.54) is 50.5 Å². The summed E-state index contributed by atoms with van der Waals surface area (Å²) in [5.74, 6) is 1.00. The van der Waals surface area contributed by atoms with Crippen LogP contribution in [-0.2, 0) is 6.42 Å². The molecule has 1 heterocycles. The zero-order chi connectivity index (χ0) is 14.0. The van der Waals surface area contributed by atoms with Crippen LogP contribution in [0.1, 0.15) is 57.9 Å². The molecule has 4 aliphatic rings. The molecule has 0 saturated heterocycles. The van der Waals surface area contributed by atoms with Gasteiger partial charge in [-0.2, -0.15) is 11.3 Å². The van der Waals surface area contributed by atoms with E-state index in [0.717, 1.165) is 5.92 Å². The van der Waals surface area contributed by atoms with E-state index in [4.69, 9.17) is 0 Å². The summed E-state index contributed by atoms with van der Waals surface area (Å²) in [6, 6.07) is 2.31. The van der Waals surface area contributed by atoms with Crippen molar-refractivity contribution in [3.63, 3.8) is 0 Å². The van der Waals surface area contributed by atoms with E-state index in [-0.39, 0.29) is 0 Å². The zero-order valence-electron chi connectivity index (χ0n) is 12.6. The molecule has 0 aliphatic heterocycles. The van der Waals surface area contributed by atoms with Crippen molar-refractivity contribution in [1.82, 2.24) is 0 Å². The number of halogens is 1. The lowest BCUT2D eigenvalue weighted by atomic mass is 9.39. The van der Waals surface area contributed by atoms with Crippen LogP contribution in [0.15, 0.2) is 16.8 Å². The SMILES string of the molecule is CC12CC3CC(C)(C1)CC(C(Br)Cc1ccsc1)(C3)C2. The fraction of sp³-hybridized carbons (Fsp3) is 0.778. The molecule has 110 valence electrons. The number of thiophene rings is 1. The topological polar surface area (TPSA) is 0 Å². The second-order valence-electron chi connectivity index (χ2n) is 8.80. The summed E-state index contributed by atoms with van der Waals surface area (Å²) in [4.78, 5) is 0.673. The smallest absolute Gasteiger partial charge is 0.0243 e. The number of hydrogen-bond acceptors (Lipinski definition) is 1. The summed E-state index contributed by atoms with van der Waals surface area (Å²) in [6.45, 7) is 5.16. The monoisotopic (exact) mass is 352 g/mol.